The van der Waals surface area contributed by atoms with E-state index in [1.165, 1.54) is 36.4 Å². The lowest BCUT2D eigenvalue weighted by atomic mass is 10.1. The Morgan fingerprint density at radius 3 is 2.65 bits per heavy atom. The van der Waals surface area contributed by atoms with Gasteiger partial charge in [0, 0.05) is 6.07 Å². The summed E-state index contributed by atoms with van der Waals surface area (Å²) in [5.74, 6) is 0.424. The topological polar surface area (TPSA) is 72.6 Å². The van der Waals surface area contributed by atoms with Crippen LogP contribution < -0.4 is 4.74 Å². The predicted molar refractivity (Wildman–Crippen MR) is 70.2 cm³/mol. The molecule has 2 aromatic rings. The summed E-state index contributed by atoms with van der Waals surface area (Å²) in [6.07, 6.45) is 0. The number of halogens is 1. The summed E-state index contributed by atoms with van der Waals surface area (Å²) in [4.78, 5) is 10.2. The molecule has 0 fully saturated rings. The summed E-state index contributed by atoms with van der Waals surface area (Å²) in [5.41, 5.74) is 0.594. The average Bonchev–Trinajstić information content (AvgIpc) is 2.41. The largest absolute Gasteiger partial charge is 0.457 e. The molecule has 0 saturated heterocycles. The molecule has 2 rings (SSSR count). The van der Waals surface area contributed by atoms with E-state index in [1.54, 1.807) is 6.92 Å². The molecule has 6 heteroatoms. The zero-order valence-electron chi connectivity index (χ0n) is 10.7. The average molecular weight is 277 g/mol. The first-order chi connectivity index (χ1) is 9.51. The van der Waals surface area contributed by atoms with E-state index in [-0.39, 0.29) is 17.1 Å². The number of aliphatic hydroxyl groups is 1. The Bertz CT molecular complexity index is 658. The monoisotopic (exact) mass is 277 g/mol. The molecule has 0 spiro atoms. The molecule has 0 aliphatic carbocycles. The normalized spacial score (nSPS) is 10.3. The maximum atomic E-state index is 13.0. The smallest absolute Gasteiger partial charge is 0.275 e. The quantitative estimate of drug-likeness (QED) is 0.687. The Morgan fingerprint density at radius 2 is 2.05 bits per heavy atom. The van der Waals surface area contributed by atoms with Crippen LogP contribution in [0, 0.1) is 22.9 Å². The Kier molecular flexibility index (Phi) is 3.95. The lowest BCUT2D eigenvalue weighted by Gasteiger charge is -2.09. The second-order valence-electron chi connectivity index (χ2n) is 4.22. The van der Waals surface area contributed by atoms with E-state index in [0.29, 0.717) is 17.1 Å². The summed E-state index contributed by atoms with van der Waals surface area (Å²) >= 11 is 0. The molecule has 0 bridgehead atoms. The molecule has 20 heavy (non-hydrogen) atoms. The van der Waals surface area contributed by atoms with Crippen LogP contribution in [0.4, 0.5) is 10.1 Å². The van der Waals surface area contributed by atoms with Crippen molar-refractivity contribution < 1.29 is 19.2 Å². The highest BCUT2D eigenvalue weighted by Gasteiger charge is 2.14. The highest BCUT2D eigenvalue weighted by Crippen LogP contribution is 2.29. The second-order valence-corrected chi connectivity index (χ2v) is 4.22. The van der Waals surface area contributed by atoms with Gasteiger partial charge in [-0.3, -0.25) is 10.1 Å². The molecule has 1 N–H and O–H groups in total. The van der Waals surface area contributed by atoms with Crippen LogP contribution in [-0.2, 0) is 6.61 Å². The lowest BCUT2D eigenvalue weighted by Crippen LogP contribution is -1.96. The SMILES string of the molecule is Cc1cc(F)ccc1Oc1ccc([N+](=O)[O-])c(CO)c1. The fraction of sp³-hybridized carbons (Fsp3) is 0.143. The number of nitrogens with zero attached hydrogens (tertiary/aromatic N) is 1. The maximum absolute atomic E-state index is 13.0. The number of ether oxygens (including phenoxy) is 1. The molecule has 0 aliphatic rings. The van der Waals surface area contributed by atoms with Crippen LogP contribution >= 0.6 is 0 Å². The highest BCUT2D eigenvalue weighted by molar-refractivity contribution is 5.46. The Labute approximate surface area is 114 Å². The Morgan fingerprint density at radius 1 is 1.30 bits per heavy atom. The molecule has 0 heterocycles. The van der Waals surface area contributed by atoms with Crippen molar-refractivity contribution in [2.45, 2.75) is 13.5 Å². The summed E-state index contributed by atoms with van der Waals surface area (Å²) in [6.45, 7) is 1.23. The van der Waals surface area contributed by atoms with Crippen molar-refractivity contribution >= 4 is 5.69 Å². The fourth-order valence-electron chi connectivity index (χ4n) is 1.78. The van der Waals surface area contributed by atoms with Gasteiger partial charge in [0.15, 0.2) is 0 Å². The molecule has 5 nitrogen and oxygen atoms in total. The van der Waals surface area contributed by atoms with Crippen molar-refractivity contribution in [1.82, 2.24) is 0 Å². The van der Waals surface area contributed by atoms with Crippen molar-refractivity contribution in [3.05, 3.63) is 63.5 Å². The molecular formula is C14H12FNO4. The van der Waals surface area contributed by atoms with E-state index in [1.807, 2.05) is 0 Å². The van der Waals surface area contributed by atoms with Crippen LogP contribution in [0.2, 0.25) is 0 Å². The molecule has 0 radical (unpaired) electrons. The van der Waals surface area contributed by atoms with E-state index in [2.05, 4.69) is 0 Å². The van der Waals surface area contributed by atoms with E-state index in [0.717, 1.165) is 0 Å². The van der Waals surface area contributed by atoms with Crippen LogP contribution in [0.25, 0.3) is 0 Å². The van der Waals surface area contributed by atoms with E-state index in [4.69, 9.17) is 9.84 Å². The minimum Gasteiger partial charge on any atom is -0.457 e. The van der Waals surface area contributed by atoms with Crippen LogP contribution in [0.1, 0.15) is 11.1 Å². The number of nitro groups is 1. The van der Waals surface area contributed by atoms with Gasteiger partial charge in [0.25, 0.3) is 5.69 Å². The van der Waals surface area contributed by atoms with Gasteiger partial charge < -0.3 is 9.84 Å². The zero-order valence-corrected chi connectivity index (χ0v) is 10.7. The maximum Gasteiger partial charge on any atom is 0.275 e. The number of rotatable bonds is 4. The van der Waals surface area contributed by atoms with Gasteiger partial charge in [-0.15, -0.1) is 0 Å². The minimum atomic E-state index is -0.571. The third-order valence-electron chi connectivity index (χ3n) is 2.78. The molecule has 0 aliphatic heterocycles. The van der Waals surface area contributed by atoms with Crippen LogP contribution in [0.15, 0.2) is 36.4 Å². The lowest BCUT2D eigenvalue weighted by molar-refractivity contribution is -0.385. The molecule has 0 aromatic heterocycles. The van der Waals surface area contributed by atoms with Gasteiger partial charge in [-0.25, -0.2) is 4.39 Å². The van der Waals surface area contributed by atoms with Crippen LogP contribution in [-0.4, -0.2) is 10.0 Å². The predicted octanol–water partition coefficient (Wildman–Crippen LogP) is 3.33. The molecule has 0 saturated carbocycles. The molecule has 0 unspecified atom stereocenters. The van der Waals surface area contributed by atoms with Gasteiger partial charge in [-0.1, -0.05) is 0 Å². The molecule has 0 atom stereocenters. The number of hydrogen-bond donors (Lipinski definition) is 1. The number of benzene rings is 2. The summed E-state index contributed by atoms with van der Waals surface area (Å²) < 4.78 is 18.5. The Balaban J connectivity index is 2.32. The van der Waals surface area contributed by atoms with Crippen LogP contribution in [0.3, 0.4) is 0 Å². The molecule has 0 amide bonds. The zero-order chi connectivity index (χ0) is 14.7. The first-order valence-electron chi connectivity index (χ1n) is 5.83. The second kappa shape index (κ2) is 5.66. The molecule has 2 aromatic carbocycles. The molecular weight excluding hydrogens is 265 g/mol. The first-order valence-corrected chi connectivity index (χ1v) is 5.83. The van der Waals surface area contributed by atoms with Crippen molar-refractivity contribution in [1.29, 1.82) is 0 Å². The van der Waals surface area contributed by atoms with Crippen molar-refractivity contribution in [3.63, 3.8) is 0 Å². The molecule has 104 valence electrons. The van der Waals surface area contributed by atoms with E-state index < -0.39 is 11.5 Å². The van der Waals surface area contributed by atoms with Gasteiger partial charge in [-0.2, -0.15) is 0 Å². The number of nitro benzene ring substituents is 1. The van der Waals surface area contributed by atoms with Gasteiger partial charge in [0.05, 0.1) is 17.1 Å². The van der Waals surface area contributed by atoms with Crippen LogP contribution in [0.5, 0.6) is 11.5 Å². The third-order valence-corrected chi connectivity index (χ3v) is 2.78. The summed E-state index contributed by atoms with van der Waals surface area (Å²) in [5, 5.41) is 19.9. The van der Waals surface area contributed by atoms with Crippen molar-refractivity contribution in [2.75, 3.05) is 0 Å². The van der Waals surface area contributed by atoms with Gasteiger partial charge in [0.1, 0.15) is 17.3 Å². The summed E-state index contributed by atoms with van der Waals surface area (Å²) in [6, 6.07) is 8.15. The van der Waals surface area contributed by atoms with Crippen molar-refractivity contribution in [2.24, 2.45) is 0 Å². The standard InChI is InChI=1S/C14H12FNO4/c1-9-6-11(15)2-5-14(9)20-12-3-4-13(16(18)19)10(7-12)8-17/h2-7,17H,8H2,1H3. The first kappa shape index (κ1) is 14.0. The third kappa shape index (κ3) is 2.92. The fourth-order valence-corrected chi connectivity index (χ4v) is 1.78. The van der Waals surface area contributed by atoms with E-state index in [9.17, 15) is 14.5 Å². The number of hydrogen-bond acceptors (Lipinski definition) is 4. The van der Waals surface area contributed by atoms with Gasteiger partial charge >= 0.3 is 0 Å². The minimum absolute atomic E-state index is 0.160. The highest BCUT2D eigenvalue weighted by atomic mass is 19.1. The van der Waals surface area contributed by atoms with Gasteiger partial charge in [-0.05, 0) is 42.8 Å². The van der Waals surface area contributed by atoms with Crippen molar-refractivity contribution in [3.8, 4) is 11.5 Å². The van der Waals surface area contributed by atoms with Gasteiger partial charge in [0.2, 0.25) is 0 Å². The Hall–Kier alpha value is -2.47. The summed E-state index contributed by atoms with van der Waals surface area (Å²) in [7, 11) is 0. The number of aliphatic hydroxyl groups excluding tert-OH is 1. The van der Waals surface area contributed by atoms with E-state index >= 15 is 0 Å². The number of aryl methyl sites for hydroxylation is 1.